The molecule has 9 nitrogen and oxygen atoms in total. The molecule has 0 aliphatic carbocycles. The molecule has 0 bridgehead atoms. The minimum absolute atomic E-state index is 0.0423. The predicted octanol–water partition coefficient (Wildman–Crippen LogP) is 5.17. The summed E-state index contributed by atoms with van der Waals surface area (Å²) in [5.74, 6) is 1.64. The highest BCUT2D eigenvalue weighted by Crippen LogP contribution is 2.30. The Morgan fingerprint density at radius 1 is 0.976 bits per heavy atom. The van der Waals surface area contributed by atoms with Crippen LogP contribution in [-0.4, -0.2) is 64.1 Å². The third kappa shape index (κ3) is 6.22. The maximum absolute atomic E-state index is 12.2. The van der Waals surface area contributed by atoms with Crippen LogP contribution in [-0.2, 0) is 29.2 Å². The lowest BCUT2D eigenvalue weighted by atomic mass is 9.93. The summed E-state index contributed by atoms with van der Waals surface area (Å²) >= 11 is 0. The molecular formula is C33H36N4O5. The molecule has 0 amide bonds. The highest BCUT2D eigenvalue weighted by Gasteiger charge is 2.26. The fourth-order valence-corrected chi connectivity index (χ4v) is 5.74. The molecule has 42 heavy (non-hydrogen) atoms. The molecule has 1 atom stereocenters. The van der Waals surface area contributed by atoms with Gasteiger partial charge in [-0.2, -0.15) is 0 Å². The van der Waals surface area contributed by atoms with E-state index in [2.05, 4.69) is 15.5 Å². The number of methoxy groups -OCH3 is 1. The Balaban J connectivity index is 1.10. The van der Waals surface area contributed by atoms with Crippen LogP contribution in [0, 0.1) is 0 Å². The molecule has 2 aromatic heterocycles. The molecule has 6 rings (SSSR count). The van der Waals surface area contributed by atoms with Gasteiger partial charge < -0.3 is 18.8 Å². The van der Waals surface area contributed by atoms with Crippen LogP contribution in [0.3, 0.4) is 0 Å². The molecule has 1 unspecified atom stereocenters. The number of hydrogen-bond donors (Lipinski definition) is 0. The van der Waals surface area contributed by atoms with Gasteiger partial charge in [0.1, 0.15) is 12.4 Å². The zero-order valence-electron chi connectivity index (χ0n) is 24.1. The number of carbonyl (C=O) groups excluding carboxylic acids is 2. The number of benzene rings is 2. The number of pyridine rings is 1. The van der Waals surface area contributed by atoms with Gasteiger partial charge in [0.05, 0.1) is 42.9 Å². The van der Waals surface area contributed by atoms with Gasteiger partial charge in [-0.15, -0.1) is 0 Å². The maximum atomic E-state index is 12.2. The highest BCUT2D eigenvalue weighted by atomic mass is 16.5. The number of nitrogens with zero attached hydrogens (tertiary/aromatic N) is 4. The lowest BCUT2D eigenvalue weighted by Gasteiger charge is -2.32. The Labute approximate surface area is 245 Å². The molecule has 2 aliphatic rings. The Hall–Kier alpha value is -4.08. The molecule has 0 spiro atoms. The first-order chi connectivity index (χ1) is 20.5. The van der Waals surface area contributed by atoms with Gasteiger partial charge in [0.2, 0.25) is 5.88 Å². The van der Waals surface area contributed by atoms with Crippen molar-refractivity contribution < 1.29 is 23.8 Å². The van der Waals surface area contributed by atoms with E-state index in [0.29, 0.717) is 29.5 Å². The number of carbonyl (C=O) groups is 2. The second-order valence-corrected chi connectivity index (χ2v) is 11.1. The van der Waals surface area contributed by atoms with E-state index in [1.54, 1.807) is 13.0 Å². The number of hydrogen-bond acceptors (Lipinski definition) is 8. The van der Waals surface area contributed by atoms with E-state index in [9.17, 15) is 9.59 Å². The number of ketones is 1. The van der Waals surface area contributed by atoms with Crippen LogP contribution in [0.5, 0.6) is 5.88 Å². The van der Waals surface area contributed by atoms with Crippen molar-refractivity contribution in [3.8, 4) is 5.88 Å². The van der Waals surface area contributed by atoms with E-state index in [1.807, 2.05) is 48.5 Å². The highest BCUT2D eigenvalue weighted by molar-refractivity contribution is 5.94. The van der Waals surface area contributed by atoms with E-state index in [1.165, 1.54) is 7.11 Å². The van der Waals surface area contributed by atoms with Crippen LogP contribution < -0.4 is 4.74 Å². The molecule has 4 heterocycles. The third-order valence-electron chi connectivity index (χ3n) is 8.26. The summed E-state index contributed by atoms with van der Waals surface area (Å²) in [7, 11) is 1.40. The molecule has 2 aliphatic heterocycles. The Morgan fingerprint density at radius 2 is 1.79 bits per heavy atom. The fourth-order valence-electron chi connectivity index (χ4n) is 5.74. The third-order valence-corrected chi connectivity index (χ3v) is 8.26. The van der Waals surface area contributed by atoms with Crippen molar-refractivity contribution in [2.75, 3.05) is 26.8 Å². The molecule has 218 valence electrons. The number of imidazole rings is 1. The van der Waals surface area contributed by atoms with Crippen LogP contribution in [0.4, 0.5) is 0 Å². The molecule has 2 fully saturated rings. The van der Waals surface area contributed by atoms with Crippen molar-refractivity contribution in [2.24, 2.45) is 0 Å². The maximum Gasteiger partial charge on any atom is 0.337 e. The van der Waals surface area contributed by atoms with Gasteiger partial charge in [-0.05, 0) is 75.2 Å². The van der Waals surface area contributed by atoms with E-state index in [0.717, 1.165) is 80.2 Å². The topological polar surface area (TPSA) is 95.8 Å². The average Bonchev–Trinajstić information content (AvgIpc) is 3.33. The molecule has 9 heteroatoms. The zero-order chi connectivity index (χ0) is 29.1. The van der Waals surface area contributed by atoms with Crippen LogP contribution >= 0.6 is 0 Å². The lowest BCUT2D eigenvalue weighted by molar-refractivity contribution is -0.0592. The van der Waals surface area contributed by atoms with Gasteiger partial charge in [0.15, 0.2) is 5.78 Å². The molecule has 0 saturated carbocycles. The second-order valence-electron chi connectivity index (χ2n) is 11.1. The van der Waals surface area contributed by atoms with Crippen molar-refractivity contribution in [3.05, 3.63) is 88.9 Å². The summed E-state index contributed by atoms with van der Waals surface area (Å²) in [5, 5.41) is 0. The fraction of sp³-hybridized carbons (Fsp3) is 0.394. The number of esters is 1. The second kappa shape index (κ2) is 12.4. The number of likely N-dealkylation sites (tertiary alicyclic amines) is 1. The summed E-state index contributed by atoms with van der Waals surface area (Å²) in [6.07, 6.45) is 3.19. The molecule has 4 aromatic rings. The van der Waals surface area contributed by atoms with Gasteiger partial charge >= 0.3 is 5.97 Å². The first-order valence-corrected chi connectivity index (χ1v) is 14.6. The minimum atomic E-state index is -0.349. The van der Waals surface area contributed by atoms with Crippen molar-refractivity contribution in [3.63, 3.8) is 0 Å². The summed E-state index contributed by atoms with van der Waals surface area (Å²) < 4.78 is 18.9. The summed E-state index contributed by atoms with van der Waals surface area (Å²) in [5.41, 5.74) is 5.01. The molecule has 0 N–H and O–H groups in total. The van der Waals surface area contributed by atoms with E-state index >= 15 is 0 Å². The van der Waals surface area contributed by atoms with Crippen molar-refractivity contribution in [2.45, 2.75) is 57.9 Å². The van der Waals surface area contributed by atoms with Crippen molar-refractivity contribution in [1.82, 2.24) is 19.4 Å². The van der Waals surface area contributed by atoms with E-state index < -0.39 is 0 Å². The molecule has 2 saturated heterocycles. The SMILES string of the molecule is COC(=O)c1ccc2nc(CN3CCC(c4cccc(OCc5cccc(C(C)=O)c5)n4)CC3)n(CC3CCO3)c2c1. The summed E-state index contributed by atoms with van der Waals surface area (Å²) in [6, 6.07) is 19.0. The molecular weight excluding hydrogens is 532 g/mol. The molecule has 2 aromatic carbocycles. The van der Waals surface area contributed by atoms with Gasteiger partial charge in [0.25, 0.3) is 0 Å². The van der Waals surface area contributed by atoms with E-state index in [-0.39, 0.29) is 17.9 Å². The lowest BCUT2D eigenvalue weighted by Crippen LogP contribution is -2.35. The largest absolute Gasteiger partial charge is 0.473 e. The van der Waals surface area contributed by atoms with Gasteiger partial charge in [-0.1, -0.05) is 24.3 Å². The zero-order valence-corrected chi connectivity index (χ0v) is 24.1. The normalized spacial score (nSPS) is 17.6. The number of aromatic nitrogens is 3. The number of rotatable bonds is 10. The Kier molecular flexibility index (Phi) is 8.30. The first-order valence-electron chi connectivity index (χ1n) is 14.6. The monoisotopic (exact) mass is 568 g/mol. The average molecular weight is 569 g/mol. The van der Waals surface area contributed by atoms with Gasteiger partial charge in [-0.25, -0.2) is 14.8 Å². The number of fused-ring (bicyclic) bond motifs is 1. The van der Waals surface area contributed by atoms with Crippen molar-refractivity contribution >= 4 is 22.8 Å². The van der Waals surface area contributed by atoms with Gasteiger partial charge in [0, 0.05) is 29.8 Å². The quantitative estimate of drug-likeness (QED) is 0.191. The van der Waals surface area contributed by atoms with Crippen LogP contribution in [0.25, 0.3) is 11.0 Å². The van der Waals surface area contributed by atoms with Gasteiger partial charge in [-0.3, -0.25) is 9.69 Å². The van der Waals surface area contributed by atoms with Crippen LogP contribution in [0.2, 0.25) is 0 Å². The summed E-state index contributed by atoms with van der Waals surface area (Å²) in [6.45, 7) is 6.06. The standard InChI is InChI=1S/C33H36N4O5/c1-22(38)25-6-3-5-23(17-25)21-42-32-8-4-7-28(35-32)24-11-14-36(15-12-24)20-31-34-29-10-9-26(33(39)40-2)18-30(29)37(31)19-27-13-16-41-27/h3-10,17-18,24,27H,11-16,19-21H2,1-2H3. The first kappa shape index (κ1) is 28.1. The molecule has 0 radical (unpaired) electrons. The Bertz CT molecular complexity index is 1590. The van der Waals surface area contributed by atoms with Crippen molar-refractivity contribution in [1.29, 1.82) is 0 Å². The van der Waals surface area contributed by atoms with E-state index in [4.69, 9.17) is 24.2 Å². The van der Waals surface area contributed by atoms with Crippen LogP contribution in [0.1, 0.15) is 69.9 Å². The number of piperidine rings is 1. The number of ether oxygens (including phenoxy) is 3. The summed E-state index contributed by atoms with van der Waals surface area (Å²) in [4.78, 5) is 36.1. The number of Topliss-reactive ketones (excluding diaryl/α,β-unsaturated/α-hetero) is 1. The predicted molar refractivity (Wildman–Crippen MR) is 158 cm³/mol. The van der Waals surface area contributed by atoms with Crippen LogP contribution in [0.15, 0.2) is 60.7 Å². The smallest absolute Gasteiger partial charge is 0.337 e. The Morgan fingerprint density at radius 3 is 2.52 bits per heavy atom. The minimum Gasteiger partial charge on any atom is -0.473 e.